The minimum Gasteiger partial charge on any atom is -0.466 e. The molecule has 19 heavy (non-hydrogen) atoms. The second-order valence-corrected chi connectivity index (χ2v) is 4.41. The van der Waals surface area contributed by atoms with Crippen molar-refractivity contribution in [3.05, 3.63) is 54.0 Å². The molecule has 1 aliphatic heterocycles. The number of benzene rings is 1. The molecule has 0 aliphatic carbocycles. The summed E-state index contributed by atoms with van der Waals surface area (Å²) in [5.74, 6) is -0.609. The van der Waals surface area contributed by atoms with Crippen LogP contribution >= 0.6 is 0 Å². The number of ether oxygens (including phenoxy) is 1. The average molecular weight is 261 g/mol. The molecule has 0 bridgehead atoms. The van der Waals surface area contributed by atoms with Crippen LogP contribution < -0.4 is 4.90 Å². The predicted octanol–water partition coefficient (Wildman–Crippen LogP) is 3.04. The molecule has 100 valence electrons. The summed E-state index contributed by atoms with van der Waals surface area (Å²) in [6, 6.07) is 6.17. The fraction of sp³-hybridized carbons (Fsp3) is 0.267. The molecule has 0 N–H and O–H groups in total. The standard InChI is InChI=1S/C15H16FNO2/c1-4-12-9-14(15(18)19-3)10(2)17(12)13-7-5-11(16)6-8-13/h4-8,12H,1,9H2,2-3H3. The number of halogens is 1. The Morgan fingerprint density at radius 1 is 1.47 bits per heavy atom. The van der Waals surface area contributed by atoms with Crippen molar-refractivity contribution >= 4 is 11.7 Å². The molecule has 4 heteroatoms. The van der Waals surface area contributed by atoms with Crippen LogP contribution in [0.5, 0.6) is 0 Å². The molecular formula is C15H16FNO2. The van der Waals surface area contributed by atoms with Gasteiger partial charge in [-0.05, 0) is 31.2 Å². The summed E-state index contributed by atoms with van der Waals surface area (Å²) in [5, 5.41) is 0. The van der Waals surface area contributed by atoms with Crippen LogP contribution in [0.1, 0.15) is 13.3 Å². The van der Waals surface area contributed by atoms with Gasteiger partial charge in [0, 0.05) is 17.8 Å². The zero-order valence-corrected chi connectivity index (χ0v) is 11.0. The van der Waals surface area contributed by atoms with Gasteiger partial charge in [0.2, 0.25) is 0 Å². The van der Waals surface area contributed by atoms with E-state index in [0.717, 1.165) is 11.4 Å². The highest BCUT2D eigenvalue weighted by Gasteiger charge is 2.32. The molecule has 3 nitrogen and oxygen atoms in total. The van der Waals surface area contributed by atoms with E-state index < -0.39 is 0 Å². The van der Waals surface area contributed by atoms with E-state index in [1.807, 2.05) is 11.8 Å². The highest BCUT2D eigenvalue weighted by Crippen LogP contribution is 2.34. The molecular weight excluding hydrogens is 245 g/mol. The Morgan fingerprint density at radius 3 is 2.63 bits per heavy atom. The van der Waals surface area contributed by atoms with Crippen molar-refractivity contribution in [2.75, 3.05) is 12.0 Å². The van der Waals surface area contributed by atoms with Gasteiger partial charge in [0.25, 0.3) is 0 Å². The Kier molecular flexibility index (Phi) is 3.69. The second kappa shape index (κ2) is 5.26. The molecule has 1 aliphatic rings. The van der Waals surface area contributed by atoms with Gasteiger partial charge in [-0.2, -0.15) is 0 Å². The van der Waals surface area contributed by atoms with Crippen LogP contribution in [0.2, 0.25) is 0 Å². The van der Waals surface area contributed by atoms with Crippen LogP contribution in [0.3, 0.4) is 0 Å². The summed E-state index contributed by atoms with van der Waals surface area (Å²) in [7, 11) is 1.37. The third-order valence-corrected chi connectivity index (χ3v) is 3.35. The van der Waals surface area contributed by atoms with Gasteiger partial charge in [0.15, 0.2) is 0 Å². The van der Waals surface area contributed by atoms with Gasteiger partial charge >= 0.3 is 5.97 Å². The van der Waals surface area contributed by atoms with Crippen molar-refractivity contribution in [3.63, 3.8) is 0 Å². The van der Waals surface area contributed by atoms with E-state index in [2.05, 4.69) is 6.58 Å². The van der Waals surface area contributed by atoms with Gasteiger partial charge < -0.3 is 9.64 Å². The lowest BCUT2D eigenvalue weighted by Gasteiger charge is -2.26. The van der Waals surface area contributed by atoms with E-state index >= 15 is 0 Å². The highest BCUT2D eigenvalue weighted by atomic mass is 19.1. The highest BCUT2D eigenvalue weighted by molar-refractivity contribution is 5.91. The molecule has 1 aromatic rings. The quantitative estimate of drug-likeness (QED) is 0.618. The molecule has 1 unspecified atom stereocenters. The van der Waals surface area contributed by atoms with E-state index in [-0.39, 0.29) is 17.8 Å². The summed E-state index contributed by atoms with van der Waals surface area (Å²) in [6.45, 7) is 5.66. The van der Waals surface area contributed by atoms with Crippen LogP contribution in [0.4, 0.5) is 10.1 Å². The van der Waals surface area contributed by atoms with Crippen LogP contribution in [0.25, 0.3) is 0 Å². The smallest absolute Gasteiger partial charge is 0.335 e. The lowest BCUT2D eigenvalue weighted by Crippen LogP contribution is -2.26. The largest absolute Gasteiger partial charge is 0.466 e. The number of carbonyl (C=O) groups excluding carboxylic acids is 1. The van der Waals surface area contributed by atoms with Crippen LogP contribution in [0, 0.1) is 5.82 Å². The zero-order valence-electron chi connectivity index (χ0n) is 11.0. The topological polar surface area (TPSA) is 29.5 Å². The number of hydrogen-bond donors (Lipinski definition) is 0. The molecule has 0 radical (unpaired) electrons. The number of allylic oxidation sites excluding steroid dienone is 1. The number of carbonyl (C=O) groups is 1. The van der Waals surface area contributed by atoms with Gasteiger partial charge in [0.05, 0.1) is 18.7 Å². The van der Waals surface area contributed by atoms with Crippen molar-refractivity contribution in [2.45, 2.75) is 19.4 Å². The molecule has 1 aromatic carbocycles. The van der Waals surface area contributed by atoms with E-state index in [1.54, 1.807) is 18.2 Å². The summed E-state index contributed by atoms with van der Waals surface area (Å²) < 4.78 is 17.8. The Morgan fingerprint density at radius 2 is 2.11 bits per heavy atom. The number of nitrogens with zero attached hydrogens (tertiary/aromatic N) is 1. The fourth-order valence-electron chi connectivity index (χ4n) is 2.37. The number of anilines is 1. The van der Waals surface area contributed by atoms with Crippen LogP contribution in [-0.4, -0.2) is 19.1 Å². The molecule has 0 amide bonds. The third kappa shape index (κ3) is 2.38. The SMILES string of the molecule is C=CC1CC(C(=O)OC)=C(C)N1c1ccc(F)cc1. The molecule has 0 aromatic heterocycles. The van der Waals surface area contributed by atoms with Gasteiger partial charge in [-0.25, -0.2) is 9.18 Å². The van der Waals surface area contributed by atoms with Crippen LogP contribution in [0.15, 0.2) is 48.2 Å². The summed E-state index contributed by atoms with van der Waals surface area (Å²) >= 11 is 0. The Labute approximate surface area is 112 Å². The molecule has 1 atom stereocenters. The fourth-order valence-corrected chi connectivity index (χ4v) is 2.37. The minimum absolute atomic E-state index is 0.0143. The second-order valence-electron chi connectivity index (χ2n) is 4.41. The summed E-state index contributed by atoms with van der Waals surface area (Å²) in [5.41, 5.74) is 2.29. The first-order valence-corrected chi connectivity index (χ1v) is 6.04. The van der Waals surface area contributed by atoms with Crippen molar-refractivity contribution in [1.29, 1.82) is 0 Å². The number of rotatable bonds is 3. The van der Waals surface area contributed by atoms with Gasteiger partial charge in [0.1, 0.15) is 5.82 Å². The maximum absolute atomic E-state index is 13.0. The first-order valence-electron chi connectivity index (χ1n) is 6.04. The lowest BCUT2D eigenvalue weighted by atomic mass is 10.1. The lowest BCUT2D eigenvalue weighted by molar-refractivity contribution is -0.136. The molecule has 0 spiro atoms. The van der Waals surface area contributed by atoms with Crippen molar-refractivity contribution < 1.29 is 13.9 Å². The zero-order chi connectivity index (χ0) is 14.0. The monoisotopic (exact) mass is 261 g/mol. The normalized spacial score (nSPS) is 18.7. The van der Waals surface area contributed by atoms with E-state index in [1.165, 1.54) is 19.2 Å². The summed E-state index contributed by atoms with van der Waals surface area (Å²) in [4.78, 5) is 13.7. The van der Waals surface area contributed by atoms with E-state index in [4.69, 9.17) is 4.74 Å². The first-order chi connectivity index (χ1) is 9.08. The number of methoxy groups -OCH3 is 1. The van der Waals surface area contributed by atoms with Crippen LogP contribution in [-0.2, 0) is 9.53 Å². The van der Waals surface area contributed by atoms with E-state index in [0.29, 0.717) is 12.0 Å². The molecule has 0 saturated carbocycles. The average Bonchev–Trinajstić information content (AvgIpc) is 2.76. The van der Waals surface area contributed by atoms with Crippen molar-refractivity contribution in [3.8, 4) is 0 Å². The number of hydrogen-bond acceptors (Lipinski definition) is 3. The van der Waals surface area contributed by atoms with Gasteiger partial charge in [-0.1, -0.05) is 6.08 Å². The third-order valence-electron chi connectivity index (χ3n) is 3.35. The molecule has 0 fully saturated rings. The predicted molar refractivity (Wildman–Crippen MR) is 72.2 cm³/mol. The maximum atomic E-state index is 13.0. The molecule has 2 rings (SSSR count). The Balaban J connectivity index is 2.41. The Bertz CT molecular complexity index is 534. The minimum atomic E-state index is -0.325. The first kappa shape index (κ1) is 13.3. The van der Waals surface area contributed by atoms with Crippen molar-refractivity contribution in [2.24, 2.45) is 0 Å². The maximum Gasteiger partial charge on any atom is 0.335 e. The Hall–Kier alpha value is -2.10. The van der Waals surface area contributed by atoms with Gasteiger partial charge in [-0.15, -0.1) is 6.58 Å². The van der Waals surface area contributed by atoms with E-state index in [9.17, 15) is 9.18 Å². The molecule has 0 saturated heterocycles. The van der Waals surface area contributed by atoms with Crippen molar-refractivity contribution in [1.82, 2.24) is 0 Å². The summed E-state index contributed by atoms with van der Waals surface area (Å²) in [6.07, 6.45) is 2.34. The molecule has 1 heterocycles. The van der Waals surface area contributed by atoms with Gasteiger partial charge in [-0.3, -0.25) is 0 Å². The number of esters is 1.